The normalized spacial score (nSPS) is 15.3. The summed E-state index contributed by atoms with van der Waals surface area (Å²) in [6, 6.07) is 0.854. The lowest BCUT2D eigenvalue weighted by Gasteiger charge is -2.18. The van der Waals surface area contributed by atoms with E-state index in [0.717, 1.165) is 12.3 Å². The molecule has 0 unspecified atom stereocenters. The summed E-state index contributed by atoms with van der Waals surface area (Å²) in [5.74, 6) is -0.133. The molecule has 4 nitrogen and oxygen atoms in total. The molecule has 0 radical (unpaired) electrons. The first-order chi connectivity index (χ1) is 6.97. The molecule has 1 aromatic heterocycles. The van der Waals surface area contributed by atoms with Crippen molar-refractivity contribution in [3.63, 3.8) is 0 Å². The Kier molecular flexibility index (Phi) is 2.02. The standard InChI is InChI=1S/C8H6F3N3O/c9-8(10,11)4-1-5-7(12-2-4)13-3-6(15)14-5/h1-2H,3H2,(H,12,13)(H,14,15). The molecule has 7 heteroatoms. The number of hydrogen-bond donors (Lipinski definition) is 2. The summed E-state index contributed by atoms with van der Waals surface area (Å²) in [4.78, 5) is 14.5. The van der Waals surface area contributed by atoms with Gasteiger partial charge >= 0.3 is 6.18 Å². The third-order valence-electron chi connectivity index (χ3n) is 1.91. The second-order valence-electron chi connectivity index (χ2n) is 3.02. The number of carbonyl (C=O) groups excluding carboxylic acids is 1. The van der Waals surface area contributed by atoms with Crippen LogP contribution in [0.3, 0.4) is 0 Å². The van der Waals surface area contributed by atoms with E-state index < -0.39 is 11.7 Å². The first kappa shape index (κ1) is 9.75. The number of pyridine rings is 1. The molecule has 0 aromatic carbocycles. The van der Waals surface area contributed by atoms with Crippen LogP contribution in [0, 0.1) is 0 Å². The molecular weight excluding hydrogens is 211 g/mol. The SMILES string of the molecule is O=C1CNc2ncc(C(F)(F)F)cc2N1. The van der Waals surface area contributed by atoms with E-state index in [1.54, 1.807) is 0 Å². The Hall–Kier alpha value is -1.79. The highest BCUT2D eigenvalue weighted by Gasteiger charge is 2.32. The van der Waals surface area contributed by atoms with Crippen molar-refractivity contribution in [2.75, 3.05) is 17.2 Å². The molecule has 15 heavy (non-hydrogen) atoms. The van der Waals surface area contributed by atoms with Crippen molar-refractivity contribution >= 4 is 17.4 Å². The number of halogens is 3. The molecule has 0 saturated carbocycles. The Bertz CT molecular complexity index is 416. The molecule has 1 aromatic rings. The number of alkyl halides is 3. The molecule has 0 spiro atoms. The Labute approximate surface area is 82.5 Å². The second-order valence-corrected chi connectivity index (χ2v) is 3.02. The van der Waals surface area contributed by atoms with Crippen molar-refractivity contribution in [2.45, 2.75) is 6.18 Å². The quantitative estimate of drug-likeness (QED) is 0.691. The molecule has 0 saturated heterocycles. The summed E-state index contributed by atoms with van der Waals surface area (Å²) >= 11 is 0. The zero-order valence-electron chi connectivity index (χ0n) is 7.35. The van der Waals surface area contributed by atoms with E-state index in [1.807, 2.05) is 0 Å². The van der Waals surface area contributed by atoms with Crippen LogP contribution in [-0.4, -0.2) is 17.4 Å². The second kappa shape index (κ2) is 3.11. The molecule has 1 aliphatic heterocycles. The molecule has 0 aliphatic carbocycles. The Morgan fingerprint density at radius 2 is 2.13 bits per heavy atom. The van der Waals surface area contributed by atoms with Crippen molar-refractivity contribution in [1.29, 1.82) is 0 Å². The van der Waals surface area contributed by atoms with E-state index in [9.17, 15) is 18.0 Å². The largest absolute Gasteiger partial charge is 0.417 e. The van der Waals surface area contributed by atoms with Gasteiger partial charge in [0, 0.05) is 6.20 Å². The average molecular weight is 217 g/mol. The number of rotatable bonds is 0. The zero-order chi connectivity index (χ0) is 11.1. The molecule has 80 valence electrons. The van der Waals surface area contributed by atoms with E-state index in [0.29, 0.717) is 0 Å². The van der Waals surface area contributed by atoms with Crippen molar-refractivity contribution in [3.05, 3.63) is 17.8 Å². The van der Waals surface area contributed by atoms with Gasteiger partial charge in [-0.1, -0.05) is 0 Å². The van der Waals surface area contributed by atoms with Gasteiger partial charge in [0.1, 0.15) is 5.82 Å². The predicted octanol–water partition coefficient (Wildman–Crippen LogP) is 1.46. The fraction of sp³-hybridized carbons (Fsp3) is 0.250. The molecule has 2 heterocycles. The first-order valence-corrected chi connectivity index (χ1v) is 4.08. The number of fused-ring (bicyclic) bond motifs is 1. The van der Waals surface area contributed by atoms with Gasteiger partial charge in [0.05, 0.1) is 17.8 Å². The van der Waals surface area contributed by atoms with Gasteiger partial charge in [-0.15, -0.1) is 0 Å². The van der Waals surface area contributed by atoms with E-state index in [2.05, 4.69) is 15.6 Å². The minimum absolute atomic E-state index is 0.0192. The van der Waals surface area contributed by atoms with Crippen molar-refractivity contribution < 1.29 is 18.0 Å². The summed E-state index contributed by atoms with van der Waals surface area (Å²) in [6.45, 7) is 0.0192. The third kappa shape index (κ3) is 1.85. The lowest BCUT2D eigenvalue weighted by Crippen LogP contribution is -2.28. The number of aromatic nitrogens is 1. The molecule has 0 atom stereocenters. The van der Waals surface area contributed by atoms with Crippen LogP contribution >= 0.6 is 0 Å². The number of amides is 1. The van der Waals surface area contributed by atoms with Crippen LogP contribution in [0.15, 0.2) is 12.3 Å². The summed E-state index contributed by atoms with van der Waals surface area (Å²) in [5, 5.41) is 4.91. The third-order valence-corrected chi connectivity index (χ3v) is 1.91. The maximum atomic E-state index is 12.3. The number of nitrogens with one attached hydrogen (secondary N) is 2. The molecule has 2 N–H and O–H groups in total. The van der Waals surface area contributed by atoms with Crippen LogP contribution in [0.5, 0.6) is 0 Å². The molecule has 1 aliphatic rings. The fourth-order valence-electron chi connectivity index (χ4n) is 1.21. The van der Waals surface area contributed by atoms with Crippen molar-refractivity contribution in [1.82, 2.24) is 4.98 Å². The van der Waals surface area contributed by atoms with Crippen LogP contribution in [0.2, 0.25) is 0 Å². The van der Waals surface area contributed by atoms with E-state index in [4.69, 9.17) is 0 Å². The van der Waals surface area contributed by atoms with E-state index in [-0.39, 0.29) is 24.0 Å². The van der Waals surface area contributed by atoms with Gasteiger partial charge in [-0.25, -0.2) is 4.98 Å². The van der Waals surface area contributed by atoms with Crippen LogP contribution in [0.1, 0.15) is 5.56 Å². The number of carbonyl (C=O) groups is 1. The van der Waals surface area contributed by atoms with Crippen molar-refractivity contribution in [3.8, 4) is 0 Å². The minimum Gasteiger partial charge on any atom is -0.359 e. The van der Waals surface area contributed by atoms with E-state index in [1.165, 1.54) is 0 Å². The van der Waals surface area contributed by atoms with Crippen LogP contribution in [0.25, 0.3) is 0 Å². The monoisotopic (exact) mass is 217 g/mol. The first-order valence-electron chi connectivity index (χ1n) is 4.08. The molecule has 0 fully saturated rings. The minimum atomic E-state index is -4.45. The van der Waals surface area contributed by atoms with Crippen LogP contribution in [0.4, 0.5) is 24.7 Å². The number of nitrogens with zero attached hydrogens (tertiary/aromatic N) is 1. The van der Waals surface area contributed by atoms with Crippen LogP contribution < -0.4 is 10.6 Å². The Morgan fingerprint density at radius 1 is 1.40 bits per heavy atom. The van der Waals surface area contributed by atoms with Gasteiger partial charge < -0.3 is 10.6 Å². The summed E-state index contributed by atoms with van der Waals surface area (Å²) in [7, 11) is 0. The number of anilines is 2. The van der Waals surface area contributed by atoms with Gasteiger partial charge in [-0.05, 0) is 6.07 Å². The predicted molar refractivity (Wildman–Crippen MR) is 46.4 cm³/mol. The zero-order valence-corrected chi connectivity index (χ0v) is 7.35. The maximum absolute atomic E-state index is 12.3. The van der Waals surface area contributed by atoms with Crippen LogP contribution in [-0.2, 0) is 11.0 Å². The highest BCUT2D eigenvalue weighted by molar-refractivity contribution is 5.99. The highest BCUT2D eigenvalue weighted by Crippen LogP contribution is 2.33. The fourth-order valence-corrected chi connectivity index (χ4v) is 1.21. The van der Waals surface area contributed by atoms with Gasteiger partial charge in [-0.2, -0.15) is 13.2 Å². The topological polar surface area (TPSA) is 54.0 Å². The lowest BCUT2D eigenvalue weighted by atomic mass is 10.2. The van der Waals surface area contributed by atoms with Gasteiger partial charge in [-0.3, -0.25) is 4.79 Å². The maximum Gasteiger partial charge on any atom is 0.417 e. The summed E-state index contributed by atoms with van der Waals surface area (Å²) in [5.41, 5.74) is -0.827. The number of hydrogen-bond acceptors (Lipinski definition) is 3. The smallest absolute Gasteiger partial charge is 0.359 e. The molecule has 1 amide bonds. The summed E-state index contributed by atoms with van der Waals surface area (Å²) in [6.07, 6.45) is -3.73. The summed E-state index contributed by atoms with van der Waals surface area (Å²) < 4.78 is 36.8. The average Bonchev–Trinajstić information content (AvgIpc) is 2.15. The lowest BCUT2D eigenvalue weighted by molar-refractivity contribution is -0.137. The van der Waals surface area contributed by atoms with Gasteiger partial charge in [0.25, 0.3) is 0 Å². The molecule has 0 bridgehead atoms. The van der Waals surface area contributed by atoms with Crippen molar-refractivity contribution in [2.24, 2.45) is 0 Å². The van der Waals surface area contributed by atoms with Gasteiger partial charge in [0.2, 0.25) is 5.91 Å². The Balaban J connectivity index is 2.41. The van der Waals surface area contributed by atoms with E-state index >= 15 is 0 Å². The molecule has 2 rings (SSSR count). The molecular formula is C8H6F3N3O. The van der Waals surface area contributed by atoms with Gasteiger partial charge in [0.15, 0.2) is 0 Å². The Morgan fingerprint density at radius 3 is 2.80 bits per heavy atom. The highest BCUT2D eigenvalue weighted by atomic mass is 19.4.